The first-order valence-electron chi connectivity index (χ1n) is 10.2. The van der Waals surface area contributed by atoms with Gasteiger partial charge in [-0.15, -0.1) is 0 Å². The Morgan fingerprint density at radius 2 is 1.77 bits per heavy atom. The van der Waals surface area contributed by atoms with E-state index in [0.29, 0.717) is 23.7 Å². The smallest absolute Gasteiger partial charge is 0.251 e. The van der Waals surface area contributed by atoms with Gasteiger partial charge in [-0.05, 0) is 62.4 Å². The molecule has 0 bridgehead atoms. The quantitative estimate of drug-likeness (QED) is 0.414. The lowest BCUT2D eigenvalue weighted by atomic mass is 10.1. The largest absolute Gasteiger partial charge is 0.492 e. The van der Waals surface area contributed by atoms with Crippen LogP contribution >= 0.6 is 11.6 Å². The normalized spacial score (nSPS) is 12.0. The maximum atomic E-state index is 12.7. The second-order valence-corrected chi connectivity index (χ2v) is 7.91. The van der Waals surface area contributed by atoms with Crippen molar-refractivity contribution in [2.45, 2.75) is 26.4 Å². The van der Waals surface area contributed by atoms with Gasteiger partial charge >= 0.3 is 0 Å². The molecule has 0 saturated carbocycles. The summed E-state index contributed by atoms with van der Waals surface area (Å²) >= 11 is 5.94. The van der Waals surface area contributed by atoms with Crippen molar-refractivity contribution in [2.75, 3.05) is 6.61 Å². The van der Waals surface area contributed by atoms with Crippen LogP contribution in [0.2, 0.25) is 5.02 Å². The average molecular weight is 434 g/mol. The number of hydrogen-bond donors (Lipinski definition) is 1. The van der Waals surface area contributed by atoms with E-state index in [-0.39, 0.29) is 11.9 Å². The van der Waals surface area contributed by atoms with E-state index < -0.39 is 0 Å². The summed E-state index contributed by atoms with van der Waals surface area (Å²) in [6.45, 7) is 5.01. The lowest BCUT2D eigenvalue weighted by Gasteiger charge is -2.17. The number of nitrogens with zero attached hydrogens (tertiary/aromatic N) is 2. The van der Waals surface area contributed by atoms with Gasteiger partial charge in [-0.25, -0.2) is 4.98 Å². The molecule has 0 aliphatic rings. The van der Waals surface area contributed by atoms with Crippen molar-refractivity contribution in [2.24, 2.45) is 0 Å². The highest BCUT2D eigenvalue weighted by Gasteiger charge is 2.19. The molecular weight excluding hydrogens is 410 g/mol. The number of aromatic nitrogens is 2. The molecule has 1 heterocycles. The fraction of sp³-hybridized carbons (Fsp3) is 0.200. The van der Waals surface area contributed by atoms with E-state index in [4.69, 9.17) is 21.3 Å². The highest BCUT2D eigenvalue weighted by molar-refractivity contribution is 6.30. The monoisotopic (exact) mass is 433 g/mol. The molecule has 0 saturated heterocycles. The van der Waals surface area contributed by atoms with Gasteiger partial charge in [0.1, 0.15) is 18.2 Å². The van der Waals surface area contributed by atoms with Crippen LogP contribution in [-0.2, 0) is 6.54 Å². The molecule has 31 heavy (non-hydrogen) atoms. The van der Waals surface area contributed by atoms with Crippen LogP contribution in [0.25, 0.3) is 11.0 Å². The molecule has 0 aliphatic heterocycles. The van der Waals surface area contributed by atoms with Crippen molar-refractivity contribution in [1.29, 1.82) is 0 Å². The molecule has 0 spiro atoms. The highest BCUT2D eigenvalue weighted by Crippen LogP contribution is 2.22. The number of amides is 1. The van der Waals surface area contributed by atoms with Crippen LogP contribution < -0.4 is 10.1 Å². The molecule has 158 valence electrons. The van der Waals surface area contributed by atoms with Crippen LogP contribution in [-0.4, -0.2) is 22.1 Å². The van der Waals surface area contributed by atoms with Gasteiger partial charge in [0.15, 0.2) is 0 Å². The SMILES string of the molecule is Cc1ccc(C(=O)NC(C)c2nc3ccccc3n2CCOc2ccc(Cl)cc2)cc1. The van der Waals surface area contributed by atoms with Crippen molar-refractivity contribution >= 4 is 28.5 Å². The van der Waals surface area contributed by atoms with Crippen molar-refractivity contribution in [3.8, 4) is 5.75 Å². The summed E-state index contributed by atoms with van der Waals surface area (Å²) in [5.74, 6) is 1.43. The topological polar surface area (TPSA) is 56.2 Å². The second kappa shape index (κ2) is 9.23. The third-order valence-electron chi connectivity index (χ3n) is 5.13. The second-order valence-electron chi connectivity index (χ2n) is 7.47. The molecular formula is C25H24ClN3O2. The number of carbonyl (C=O) groups excluding carboxylic acids is 1. The molecule has 6 heteroatoms. The van der Waals surface area contributed by atoms with Crippen LogP contribution in [0.3, 0.4) is 0 Å². The van der Waals surface area contributed by atoms with Gasteiger partial charge in [-0.1, -0.05) is 41.4 Å². The van der Waals surface area contributed by atoms with E-state index in [0.717, 1.165) is 28.2 Å². The molecule has 1 amide bonds. The lowest BCUT2D eigenvalue weighted by molar-refractivity contribution is 0.0937. The predicted octanol–water partition coefficient (Wildman–Crippen LogP) is 5.57. The standard InChI is InChI=1S/C25H24ClN3O2/c1-17-7-9-19(10-8-17)25(30)27-18(2)24-28-22-5-3-4-6-23(22)29(24)15-16-31-21-13-11-20(26)12-14-21/h3-14,18H,15-16H2,1-2H3,(H,27,30). The van der Waals surface area contributed by atoms with E-state index in [9.17, 15) is 4.79 Å². The van der Waals surface area contributed by atoms with Gasteiger partial charge in [0, 0.05) is 10.6 Å². The van der Waals surface area contributed by atoms with E-state index >= 15 is 0 Å². The zero-order chi connectivity index (χ0) is 21.8. The lowest BCUT2D eigenvalue weighted by Crippen LogP contribution is -2.29. The number of ether oxygens (including phenoxy) is 1. The fourth-order valence-electron chi connectivity index (χ4n) is 3.49. The molecule has 0 fully saturated rings. The Morgan fingerprint density at radius 3 is 2.52 bits per heavy atom. The first-order chi connectivity index (χ1) is 15.0. The number of carbonyl (C=O) groups is 1. The van der Waals surface area contributed by atoms with Crippen molar-refractivity contribution in [3.05, 3.63) is 94.8 Å². The Kier molecular flexibility index (Phi) is 6.23. The predicted molar refractivity (Wildman–Crippen MR) is 124 cm³/mol. The minimum absolute atomic E-state index is 0.122. The number of nitrogens with one attached hydrogen (secondary N) is 1. The molecule has 4 aromatic rings. The number of aryl methyl sites for hydroxylation is 1. The number of para-hydroxylation sites is 2. The summed E-state index contributed by atoms with van der Waals surface area (Å²) in [4.78, 5) is 17.5. The van der Waals surface area contributed by atoms with Crippen molar-refractivity contribution in [1.82, 2.24) is 14.9 Å². The Hall–Kier alpha value is -3.31. The Bertz CT molecular complexity index is 1180. The van der Waals surface area contributed by atoms with E-state index in [1.165, 1.54) is 0 Å². The fourth-order valence-corrected chi connectivity index (χ4v) is 3.62. The molecule has 5 nitrogen and oxygen atoms in total. The van der Waals surface area contributed by atoms with Crippen LogP contribution in [0.1, 0.15) is 34.7 Å². The maximum Gasteiger partial charge on any atom is 0.251 e. The van der Waals surface area contributed by atoms with Crippen LogP contribution in [0.15, 0.2) is 72.8 Å². The zero-order valence-electron chi connectivity index (χ0n) is 17.5. The van der Waals surface area contributed by atoms with Gasteiger partial charge in [-0.3, -0.25) is 4.79 Å². The summed E-state index contributed by atoms with van der Waals surface area (Å²) < 4.78 is 7.99. The van der Waals surface area contributed by atoms with Gasteiger partial charge in [0.25, 0.3) is 5.91 Å². The summed E-state index contributed by atoms with van der Waals surface area (Å²) in [6, 6.07) is 22.5. The van der Waals surface area contributed by atoms with Gasteiger partial charge in [0.2, 0.25) is 0 Å². The van der Waals surface area contributed by atoms with E-state index in [2.05, 4.69) is 9.88 Å². The third kappa shape index (κ3) is 4.89. The molecule has 0 aliphatic carbocycles. The minimum Gasteiger partial charge on any atom is -0.492 e. The molecule has 0 radical (unpaired) electrons. The van der Waals surface area contributed by atoms with E-state index in [1.54, 1.807) is 12.1 Å². The van der Waals surface area contributed by atoms with Crippen LogP contribution in [0.5, 0.6) is 5.75 Å². The summed E-state index contributed by atoms with van der Waals surface area (Å²) in [5.41, 5.74) is 3.65. The molecule has 1 aromatic heterocycles. The number of benzene rings is 3. The van der Waals surface area contributed by atoms with Crippen LogP contribution in [0.4, 0.5) is 0 Å². The third-order valence-corrected chi connectivity index (χ3v) is 5.38. The van der Waals surface area contributed by atoms with Gasteiger partial charge < -0.3 is 14.6 Å². The summed E-state index contributed by atoms with van der Waals surface area (Å²) in [6.07, 6.45) is 0. The van der Waals surface area contributed by atoms with Crippen molar-refractivity contribution < 1.29 is 9.53 Å². The first-order valence-corrected chi connectivity index (χ1v) is 10.6. The van der Waals surface area contributed by atoms with Gasteiger partial charge in [0.05, 0.1) is 23.6 Å². The Balaban J connectivity index is 1.53. The zero-order valence-corrected chi connectivity index (χ0v) is 18.3. The average Bonchev–Trinajstić information content (AvgIpc) is 3.14. The highest BCUT2D eigenvalue weighted by atomic mass is 35.5. The Labute approximate surface area is 186 Å². The summed E-state index contributed by atoms with van der Waals surface area (Å²) in [5, 5.41) is 3.74. The molecule has 4 rings (SSSR count). The number of hydrogen-bond acceptors (Lipinski definition) is 3. The number of imidazole rings is 1. The number of halogens is 1. The number of fused-ring (bicyclic) bond motifs is 1. The van der Waals surface area contributed by atoms with Gasteiger partial charge in [-0.2, -0.15) is 0 Å². The molecule has 1 atom stereocenters. The molecule has 1 unspecified atom stereocenters. The maximum absolute atomic E-state index is 12.7. The van der Waals surface area contributed by atoms with E-state index in [1.807, 2.05) is 74.5 Å². The van der Waals surface area contributed by atoms with Crippen molar-refractivity contribution in [3.63, 3.8) is 0 Å². The van der Waals surface area contributed by atoms with Crippen LogP contribution in [0, 0.1) is 6.92 Å². The summed E-state index contributed by atoms with van der Waals surface area (Å²) in [7, 11) is 0. The minimum atomic E-state index is -0.267. The first kappa shape index (κ1) is 20.9. The number of rotatable bonds is 7. The molecule has 1 N–H and O–H groups in total. The molecule has 3 aromatic carbocycles. The Morgan fingerprint density at radius 1 is 1.06 bits per heavy atom.